The van der Waals surface area contributed by atoms with E-state index in [4.69, 9.17) is 9.15 Å². The van der Waals surface area contributed by atoms with Crippen molar-refractivity contribution in [1.29, 1.82) is 0 Å². The summed E-state index contributed by atoms with van der Waals surface area (Å²) in [5.74, 6) is -0.449. The van der Waals surface area contributed by atoms with E-state index in [0.717, 1.165) is 19.3 Å². The average Bonchev–Trinajstić information content (AvgIpc) is 3.35. The first-order valence-electron chi connectivity index (χ1n) is 9.16. The molecule has 142 valence electrons. The number of ketones is 1. The fourth-order valence-electron chi connectivity index (χ4n) is 3.22. The van der Waals surface area contributed by atoms with Crippen LogP contribution in [0.1, 0.15) is 59.5 Å². The number of benzene rings is 1. The molecule has 6 heteroatoms. The Morgan fingerprint density at radius 2 is 1.96 bits per heavy atom. The van der Waals surface area contributed by atoms with Crippen molar-refractivity contribution in [3.05, 3.63) is 59.0 Å². The Morgan fingerprint density at radius 3 is 2.74 bits per heavy atom. The molecule has 1 aromatic heterocycles. The third kappa shape index (κ3) is 5.06. The predicted molar refractivity (Wildman–Crippen MR) is 98.3 cm³/mol. The number of ether oxygens (including phenoxy) is 1. The summed E-state index contributed by atoms with van der Waals surface area (Å²) in [5, 5.41) is 2.68. The molecular weight excluding hydrogens is 346 g/mol. The van der Waals surface area contributed by atoms with Crippen LogP contribution in [0, 0.1) is 0 Å². The second-order valence-electron chi connectivity index (χ2n) is 6.73. The number of furan rings is 1. The van der Waals surface area contributed by atoms with Crippen molar-refractivity contribution in [3.8, 4) is 0 Å². The van der Waals surface area contributed by atoms with E-state index in [1.165, 1.54) is 17.4 Å². The van der Waals surface area contributed by atoms with Crippen LogP contribution in [0.3, 0.4) is 0 Å². The van der Waals surface area contributed by atoms with Gasteiger partial charge in [0, 0.05) is 12.0 Å². The van der Waals surface area contributed by atoms with Crippen molar-refractivity contribution < 1.29 is 23.5 Å². The molecule has 1 aliphatic rings. The number of rotatable bonds is 8. The number of carbonyl (C=O) groups is 3. The van der Waals surface area contributed by atoms with Gasteiger partial charge in [-0.2, -0.15) is 0 Å². The van der Waals surface area contributed by atoms with Crippen LogP contribution >= 0.6 is 0 Å². The van der Waals surface area contributed by atoms with Gasteiger partial charge in [0.1, 0.15) is 5.76 Å². The number of hydrogen-bond donors (Lipinski definition) is 1. The molecular formula is C21H23NO5. The fourth-order valence-corrected chi connectivity index (χ4v) is 3.22. The summed E-state index contributed by atoms with van der Waals surface area (Å²) in [5.41, 5.74) is 3.17. The van der Waals surface area contributed by atoms with E-state index in [0.29, 0.717) is 11.3 Å². The van der Waals surface area contributed by atoms with Gasteiger partial charge in [-0.25, -0.2) is 0 Å². The molecule has 0 spiro atoms. The van der Waals surface area contributed by atoms with Gasteiger partial charge in [0.25, 0.3) is 5.91 Å². The molecule has 0 radical (unpaired) electrons. The molecule has 1 aromatic carbocycles. The van der Waals surface area contributed by atoms with Gasteiger partial charge in [-0.05, 0) is 55.5 Å². The van der Waals surface area contributed by atoms with E-state index in [-0.39, 0.29) is 31.3 Å². The zero-order chi connectivity index (χ0) is 19.2. The lowest BCUT2D eigenvalue weighted by Gasteiger charge is -2.11. The minimum absolute atomic E-state index is 0.0447. The summed E-state index contributed by atoms with van der Waals surface area (Å²) in [7, 11) is 0. The second-order valence-corrected chi connectivity index (χ2v) is 6.73. The first kappa shape index (κ1) is 18.9. The number of carbonyl (C=O) groups excluding carboxylic acids is 3. The van der Waals surface area contributed by atoms with Gasteiger partial charge in [0.2, 0.25) is 0 Å². The number of fused-ring (bicyclic) bond motifs is 1. The number of nitrogens with one attached hydrogen (secondary N) is 1. The third-order valence-corrected chi connectivity index (χ3v) is 4.69. The topological polar surface area (TPSA) is 85.6 Å². The lowest BCUT2D eigenvalue weighted by atomic mass is 10.0. The Hall–Kier alpha value is -2.89. The summed E-state index contributed by atoms with van der Waals surface area (Å²) in [6, 6.07) is 8.92. The van der Waals surface area contributed by atoms with Crippen molar-refractivity contribution in [3.63, 3.8) is 0 Å². The van der Waals surface area contributed by atoms with Crippen molar-refractivity contribution in [2.24, 2.45) is 0 Å². The number of esters is 1. The van der Waals surface area contributed by atoms with Gasteiger partial charge >= 0.3 is 5.97 Å². The molecule has 0 fully saturated rings. The van der Waals surface area contributed by atoms with Gasteiger partial charge in [0.05, 0.1) is 18.7 Å². The van der Waals surface area contributed by atoms with Crippen LogP contribution in [0.2, 0.25) is 0 Å². The molecule has 6 nitrogen and oxygen atoms in total. The second kappa shape index (κ2) is 8.66. The van der Waals surface area contributed by atoms with Gasteiger partial charge in [-0.3, -0.25) is 14.4 Å². The molecule has 0 saturated heterocycles. The lowest BCUT2D eigenvalue weighted by Crippen LogP contribution is -2.31. The molecule has 1 aliphatic carbocycles. The molecule has 1 N–H and O–H groups in total. The largest absolute Gasteiger partial charge is 0.467 e. The van der Waals surface area contributed by atoms with Crippen LogP contribution in [0.5, 0.6) is 0 Å². The molecule has 0 aliphatic heterocycles. The minimum Gasteiger partial charge on any atom is -0.467 e. The lowest BCUT2D eigenvalue weighted by molar-refractivity contribution is -0.148. The highest BCUT2D eigenvalue weighted by molar-refractivity contribution is 5.98. The first-order valence-corrected chi connectivity index (χ1v) is 9.16. The SMILES string of the molecule is C[C@@H](NC(=O)COC(=O)CCC(=O)c1ccc2c(c1)CCC2)c1ccco1. The van der Waals surface area contributed by atoms with Crippen LogP contribution < -0.4 is 5.32 Å². The quantitative estimate of drug-likeness (QED) is 0.571. The molecule has 0 bridgehead atoms. The molecule has 1 amide bonds. The third-order valence-electron chi connectivity index (χ3n) is 4.69. The van der Waals surface area contributed by atoms with E-state index < -0.39 is 11.9 Å². The molecule has 1 atom stereocenters. The highest BCUT2D eigenvalue weighted by atomic mass is 16.5. The molecule has 3 rings (SSSR count). The summed E-state index contributed by atoms with van der Waals surface area (Å²) in [6.45, 7) is 1.39. The van der Waals surface area contributed by atoms with Crippen molar-refractivity contribution in [2.75, 3.05) is 6.61 Å². The Bertz CT molecular complexity index is 825. The smallest absolute Gasteiger partial charge is 0.306 e. The maximum absolute atomic E-state index is 12.3. The number of hydrogen-bond acceptors (Lipinski definition) is 5. The van der Waals surface area contributed by atoms with Crippen LogP contribution in [0.4, 0.5) is 0 Å². The maximum atomic E-state index is 12.3. The van der Waals surface area contributed by atoms with Crippen LogP contribution in [-0.2, 0) is 27.2 Å². The van der Waals surface area contributed by atoms with E-state index in [1.807, 2.05) is 18.2 Å². The van der Waals surface area contributed by atoms with E-state index in [2.05, 4.69) is 5.32 Å². The number of Topliss-reactive ketones (excluding diaryl/α,β-unsaturated/α-hetero) is 1. The van der Waals surface area contributed by atoms with Gasteiger partial charge in [0.15, 0.2) is 12.4 Å². The van der Waals surface area contributed by atoms with Gasteiger partial charge in [-0.1, -0.05) is 12.1 Å². The average molecular weight is 369 g/mol. The Balaban J connectivity index is 1.39. The molecule has 2 aromatic rings. The highest BCUT2D eigenvalue weighted by Crippen LogP contribution is 2.23. The van der Waals surface area contributed by atoms with Crippen molar-refractivity contribution >= 4 is 17.7 Å². The highest BCUT2D eigenvalue weighted by Gasteiger charge is 2.17. The molecule has 0 unspecified atom stereocenters. The van der Waals surface area contributed by atoms with E-state index in [9.17, 15) is 14.4 Å². The Kier molecular flexibility index (Phi) is 6.06. The monoisotopic (exact) mass is 369 g/mol. The number of aryl methyl sites for hydroxylation is 2. The van der Waals surface area contributed by atoms with Gasteiger partial charge in [-0.15, -0.1) is 0 Å². The molecule has 0 saturated carbocycles. The van der Waals surface area contributed by atoms with Crippen molar-refractivity contribution in [2.45, 2.75) is 45.1 Å². The van der Waals surface area contributed by atoms with Crippen LogP contribution in [0.15, 0.2) is 41.0 Å². The zero-order valence-electron chi connectivity index (χ0n) is 15.3. The Labute approximate surface area is 157 Å². The van der Waals surface area contributed by atoms with Crippen LogP contribution in [-0.4, -0.2) is 24.3 Å². The van der Waals surface area contributed by atoms with Crippen molar-refractivity contribution in [1.82, 2.24) is 5.32 Å². The normalized spacial score (nSPS) is 13.7. The van der Waals surface area contributed by atoms with Crippen LogP contribution in [0.25, 0.3) is 0 Å². The predicted octanol–water partition coefficient (Wildman–Crippen LogP) is 3.15. The van der Waals surface area contributed by atoms with E-state index in [1.54, 1.807) is 19.1 Å². The summed E-state index contributed by atoms with van der Waals surface area (Å²) < 4.78 is 10.1. The van der Waals surface area contributed by atoms with E-state index >= 15 is 0 Å². The molecule has 27 heavy (non-hydrogen) atoms. The maximum Gasteiger partial charge on any atom is 0.306 e. The first-order chi connectivity index (χ1) is 13.0. The summed E-state index contributed by atoms with van der Waals surface area (Å²) >= 11 is 0. The number of amides is 1. The Morgan fingerprint density at radius 1 is 1.15 bits per heavy atom. The standard InChI is InChI=1S/C21H23NO5/c1-14(19-6-3-11-26-19)22-20(24)13-27-21(25)10-9-18(23)17-8-7-15-4-2-5-16(15)12-17/h3,6-8,11-12,14H,2,4-5,9-10,13H2,1H3,(H,22,24)/t14-/m1/s1. The zero-order valence-corrected chi connectivity index (χ0v) is 15.3. The summed E-state index contributed by atoms with van der Waals surface area (Å²) in [6.07, 6.45) is 4.75. The fraction of sp³-hybridized carbons (Fsp3) is 0.381. The summed E-state index contributed by atoms with van der Waals surface area (Å²) in [4.78, 5) is 35.9. The molecule has 1 heterocycles. The minimum atomic E-state index is -0.565. The van der Waals surface area contributed by atoms with Gasteiger partial charge < -0.3 is 14.5 Å².